The zero-order chi connectivity index (χ0) is 20.6. The molecule has 2 heterocycles. The molecular weight excluding hydrogens is 408 g/mol. The van der Waals surface area contributed by atoms with Crippen molar-refractivity contribution in [3.05, 3.63) is 51.4 Å². The molecule has 1 aliphatic carbocycles. The highest BCUT2D eigenvalue weighted by molar-refractivity contribution is 7.91. The normalized spacial score (nSPS) is 20.1. The molecule has 2 amide bonds. The highest BCUT2D eigenvalue weighted by atomic mass is 32.2. The molecule has 8 heteroatoms. The van der Waals surface area contributed by atoms with Crippen molar-refractivity contribution in [3.63, 3.8) is 0 Å². The van der Waals surface area contributed by atoms with E-state index in [1.54, 1.807) is 6.07 Å². The fourth-order valence-electron chi connectivity index (χ4n) is 4.06. The Morgan fingerprint density at radius 3 is 2.59 bits per heavy atom. The summed E-state index contributed by atoms with van der Waals surface area (Å²) in [7, 11) is -3.08. The van der Waals surface area contributed by atoms with Gasteiger partial charge in [-0.3, -0.25) is 9.59 Å². The van der Waals surface area contributed by atoms with Gasteiger partial charge < -0.3 is 10.6 Å². The number of hydrogen-bond donors (Lipinski definition) is 2. The van der Waals surface area contributed by atoms with E-state index in [0.29, 0.717) is 22.5 Å². The summed E-state index contributed by atoms with van der Waals surface area (Å²) < 4.78 is 23.5. The van der Waals surface area contributed by atoms with E-state index in [0.717, 1.165) is 41.7 Å². The third kappa shape index (κ3) is 4.23. The molecule has 1 atom stereocenters. The van der Waals surface area contributed by atoms with E-state index < -0.39 is 9.84 Å². The smallest absolute Gasteiger partial charge is 0.256 e. The molecule has 0 radical (unpaired) electrons. The number of nitrogens with one attached hydrogen (secondary N) is 2. The maximum absolute atomic E-state index is 13.1. The van der Waals surface area contributed by atoms with Crippen molar-refractivity contribution >= 4 is 38.0 Å². The number of carbonyl (C=O) groups is 2. The van der Waals surface area contributed by atoms with Gasteiger partial charge in [-0.2, -0.15) is 0 Å². The van der Waals surface area contributed by atoms with Crippen LogP contribution in [0.3, 0.4) is 0 Å². The average molecular weight is 433 g/mol. The number of amides is 2. The molecule has 1 aliphatic heterocycles. The van der Waals surface area contributed by atoms with Crippen molar-refractivity contribution in [2.24, 2.45) is 0 Å². The van der Waals surface area contributed by atoms with Crippen LogP contribution < -0.4 is 10.6 Å². The predicted molar refractivity (Wildman–Crippen MR) is 115 cm³/mol. The third-order valence-corrected chi connectivity index (χ3v) is 8.56. The summed E-state index contributed by atoms with van der Waals surface area (Å²) in [5.41, 5.74) is 2.95. The molecule has 0 unspecified atom stereocenters. The van der Waals surface area contributed by atoms with Gasteiger partial charge in [0.1, 0.15) is 5.00 Å². The Morgan fingerprint density at radius 2 is 1.86 bits per heavy atom. The second kappa shape index (κ2) is 7.91. The van der Waals surface area contributed by atoms with E-state index in [-0.39, 0.29) is 29.4 Å². The van der Waals surface area contributed by atoms with Gasteiger partial charge in [0.05, 0.1) is 17.1 Å². The lowest BCUT2D eigenvalue weighted by molar-refractivity contribution is 0.0941. The van der Waals surface area contributed by atoms with E-state index in [9.17, 15) is 18.0 Å². The molecule has 1 fully saturated rings. The Bertz CT molecular complexity index is 1070. The summed E-state index contributed by atoms with van der Waals surface area (Å²) in [6, 6.07) is 6.97. The number of aryl methyl sites for hydroxylation is 2. The molecule has 0 saturated carbocycles. The monoisotopic (exact) mass is 432 g/mol. The van der Waals surface area contributed by atoms with Crippen molar-refractivity contribution < 1.29 is 18.0 Å². The topological polar surface area (TPSA) is 92.3 Å². The van der Waals surface area contributed by atoms with Gasteiger partial charge in [0.25, 0.3) is 11.8 Å². The van der Waals surface area contributed by atoms with Crippen LogP contribution in [0.25, 0.3) is 0 Å². The highest BCUT2D eigenvalue weighted by Crippen LogP contribution is 2.38. The van der Waals surface area contributed by atoms with Crippen LogP contribution in [-0.4, -0.2) is 37.8 Å². The Balaban J connectivity index is 1.62. The Kier molecular flexibility index (Phi) is 5.48. The summed E-state index contributed by atoms with van der Waals surface area (Å²) >= 11 is 1.47. The Hall–Kier alpha value is -2.19. The molecule has 1 aromatic carbocycles. The van der Waals surface area contributed by atoms with Crippen LogP contribution in [0.15, 0.2) is 24.3 Å². The molecule has 4 rings (SSSR count). The maximum atomic E-state index is 13.1. The summed E-state index contributed by atoms with van der Waals surface area (Å²) in [4.78, 5) is 27.1. The highest BCUT2D eigenvalue weighted by Gasteiger charge is 2.32. The molecule has 0 spiro atoms. The van der Waals surface area contributed by atoms with Gasteiger partial charge in [0, 0.05) is 16.5 Å². The molecule has 29 heavy (non-hydrogen) atoms. The van der Waals surface area contributed by atoms with Crippen LogP contribution in [0.4, 0.5) is 5.00 Å². The zero-order valence-corrected chi connectivity index (χ0v) is 17.9. The average Bonchev–Trinajstić information content (AvgIpc) is 3.20. The van der Waals surface area contributed by atoms with Gasteiger partial charge >= 0.3 is 0 Å². The maximum Gasteiger partial charge on any atom is 0.256 e. The summed E-state index contributed by atoms with van der Waals surface area (Å²) in [6.45, 7) is 1.88. The molecular formula is C21H24N2O4S2. The van der Waals surface area contributed by atoms with Crippen LogP contribution in [0.2, 0.25) is 0 Å². The standard InChI is InChI=1S/C21H24N2O4S2/c1-13-6-2-3-7-15(13)19(24)23-21-18(16-8-4-5-9-17(16)28-21)20(25)22-14-10-11-29(26,27)12-14/h2-3,6-7,14H,4-5,8-12H2,1H3,(H,22,25)(H,23,24)/t14-/m1/s1. The number of benzene rings is 1. The number of sulfone groups is 1. The lowest BCUT2D eigenvalue weighted by Crippen LogP contribution is -2.36. The molecule has 2 N–H and O–H groups in total. The first kappa shape index (κ1) is 20.1. The van der Waals surface area contributed by atoms with E-state index >= 15 is 0 Å². The third-order valence-electron chi connectivity index (χ3n) is 5.58. The second-order valence-corrected chi connectivity index (χ2v) is 11.1. The van der Waals surface area contributed by atoms with Gasteiger partial charge in [0.15, 0.2) is 9.84 Å². The Morgan fingerprint density at radius 1 is 1.10 bits per heavy atom. The predicted octanol–water partition coefficient (Wildman–Crippen LogP) is 3.10. The first-order chi connectivity index (χ1) is 13.8. The van der Waals surface area contributed by atoms with Crippen LogP contribution in [-0.2, 0) is 22.7 Å². The van der Waals surface area contributed by atoms with E-state index in [1.807, 2.05) is 25.1 Å². The molecule has 154 valence electrons. The summed E-state index contributed by atoms with van der Waals surface area (Å²) in [5, 5.41) is 6.40. The Labute approximate surface area is 174 Å². The van der Waals surface area contributed by atoms with Gasteiger partial charge in [-0.1, -0.05) is 18.2 Å². The van der Waals surface area contributed by atoms with Crippen LogP contribution in [0.1, 0.15) is 56.0 Å². The second-order valence-electron chi connectivity index (χ2n) is 7.76. The van der Waals surface area contributed by atoms with E-state index in [2.05, 4.69) is 10.6 Å². The lowest BCUT2D eigenvalue weighted by Gasteiger charge is -2.15. The SMILES string of the molecule is Cc1ccccc1C(=O)Nc1sc2c(c1C(=O)N[C@@H]1CCS(=O)(=O)C1)CCCC2. The minimum atomic E-state index is -3.08. The number of rotatable bonds is 4. The molecule has 2 aliphatic rings. The van der Waals surface area contributed by atoms with Crippen molar-refractivity contribution in [2.45, 2.75) is 45.1 Å². The van der Waals surface area contributed by atoms with Gasteiger partial charge in [-0.15, -0.1) is 11.3 Å². The van der Waals surface area contributed by atoms with E-state index in [4.69, 9.17) is 0 Å². The number of anilines is 1. The lowest BCUT2D eigenvalue weighted by atomic mass is 9.95. The first-order valence-electron chi connectivity index (χ1n) is 9.87. The fourth-order valence-corrected chi connectivity index (χ4v) is 7.01. The number of hydrogen-bond acceptors (Lipinski definition) is 5. The van der Waals surface area contributed by atoms with Crippen molar-refractivity contribution in [3.8, 4) is 0 Å². The van der Waals surface area contributed by atoms with Crippen LogP contribution in [0.5, 0.6) is 0 Å². The summed E-state index contributed by atoms with van der Waals surface area (Å²) in [5.74, 6) is -0.433. The fraction of sp³-hybridized carbons (Fsp3) is 0.429. The zero-order valence-electron chi connectivity index (χ0n) is 16.3. The largest absolute Gasteiger partial charge is 0.348 e. The van der Waals surface area contributed by atoms with Gasteiger partial charge in [-0.25, -0.2) is 8.42 Å². The van der Waals surface area contributed by atoms with Crippen molar-refractivity contribution in [1.29, 1.82) is 0 Å². The van der Waals surface area contributed by atoms with Crippen molar-refractivity contribution in [2.75, 3.05) is 16.8 Å². The minimum absolute atomic E-state index is 0.0179. The quantitative estimate of drug-likeness (QED) is 0.777. The van der Waals surface area contributed by atoms with Crippen LogP contribution >= 0.6 is 11.3 Å². The molecule has 1 aromatic heterocycles. The van der Waals surface area contributed by atoms with E-state index in [1.165, 1.54) is 11.3 Å². The summed E-state index contributed by atoms with van der Waals surface area (Å²) in [6.07, 6.45) is 4.22. The minimum Gasteiger partial charge on any atom is -0.348 e. The number of fused-ring (bicyclic) bond motifs is 1. The molecule has 0 bridgehead atoms. The number of carbonyl (C=O) groups excluding carboxylic acids is 2. The molecule has 2 aromatic rings. The van der Waals surface area contributed by atoms with Crippen LogP contribution in [0, 0.1) is 6.92 Å². The van der Waals surface area contributed by atoms with Gasteiger partial charge in [-0.05, 0) is 56.2 Å². The van der Waals surface area contributed by atoms with Gasteiger partial charge in [0.2, 0.25) is 0 Å². The first-order valence-corrected chi connectivity index (χ1v) is 12.5. The molecule has 1 saturated heterocycles. The molecule has 6 nitrogen and oxygen atoms in total. The van der Waals surface area contributed by atoms with Crippen molar-refractivity contribution in [1.82, 2.24) is 5.32 Å². The number of thiophene rings is 1.